The molecule has 1 rings (SSSR count). The van der Waals surface area contributed by atoms with Gasteiger partial charge < -0.3 is 15.2 Å². The summed E-state index contributed by atoms with van der Waals surface area (Å²) in [4.78, 5) is 0. The standard InChI is InChI=1S/C14H29NO2/c1-6-11(8-16)15-12-7-13(14(12,4)5)17-9-10(2)3/h10-13,15-16H,6-9H2,1-5H3/t11-,12?,13?/m0/s1. The van der Waals surface area contributed by atoms with E-state index in [1.54, 1.807) is 0 Å². The fourth-order valence-corrected chi connectivity index (χ4v) is 2.34. The molecule has 0 amide bonds. The molecule has 0 aromatic heterocycles. The van der Waals surface area contributed by atoms with Gasteiger partial charge in [-0.3, -0.25) is 0 Å². The van der Waals surface area contributed by atoms with Crippen LogP contribution in [0.3, 0.4) is 0 Å². The zero-order valence-corrected chi connectivity index (χ0v) is 12.0. The maximum Gasteiger partial charge on any atom is 0.0656 e. The predicted molar refractivity (Wildman–Crippen MR) is 71.1 cm³/mol. The van der Waals surface area contributed by atoms with E-state index in [0.29, 0.717) is 18.1 Å². The molecule has 3 nitrogen and oxygen atoms in total. The molecule has 0 bridgehead atoms. The van der Waals surface area contributed by atoms with Crippen molar-refractivity contribution in [1.29, 1.82) is 0 Å². The molecule has 0 saturated heterocycles. The molecule has 17 heavy (non-hydrogen) atoms. The topological polar surface area (TPSA) is 41.5 Å². The second-order valence-electron chi connectivity index (χ2n) is 6.28. The third kappa shape index (κ3) is 3.67. The van der Waals surface area contributed by atoms with Crippen LogP contribution in [0.4, 0.5) is 0 Å². The molecule has 102 valence electrons. The SMILES string of the molecule is CC[C@@H](CO)NC1CC(OCC(C)C)C1(C)C. The van der Waals surface area contributed by atoms with Crippen molar-refractivity contribution in [2.45, 2.75) is 65.6 Å². The summed E-state index contributed by atoms with van der Waals surface area (Å²) in [6.07, 6.45) is 2.40. The lowest BCUT2D eigenvalue weighted by Gasteiger charge is -2.53. The Morgan fingerprint density at radius 1 is 1.41 bits per heavy atom. The molecule has 0 radical (unpaired) electrons. The Kier molecular flexibility index (Phi) is 5.42. The Bertz CT molecular complexity index is 224. The van der Waals surface area contributed by atoms with Gasteiger partial charge in [-0.2, -0.15) is 0 Å². The van der Waals surface area contributed by atoms with Gasteiger partial charge in [-0.1, -0.05) is 34.6 Å². The Labute approximate surface area is 106 Å². The maximum absolute atomic E-state index is 9.21. The Balaban J connectivity index is 2.38. The first kappa shape index (κ1) is 14.9. The molecule has 0 aromatic carbocycles. The number of ether oxygens (including phenoxy) is 1. The predicted octanol–water partition coefficient (Wildman–Crippen LogP) is 2.19. The minimum absolute atomic E-state index is 0.178. The van der Waals surface area contributed by atoms with Crippen molar-refractivity contribution in [3.05, 3.63) is 0 Å². The van der Waals surface area contributed by atoms with E-state index in [2.05, 4.69) is 39.9 Å². The molecule has 3 atom stereocenters. The van der Waals surface area contributed by atoms with Gasteiger partial charge in [-0.25, -0.2) is 0 Å². The summed E-state index contributed by atoms with van der Waals surface area (Å²) in [6.45, 7) is 12.0. The fraction of sp³-hybridized carbons (Fsp3) is 1.00. The molecule has 1 aliphatic rings. The normalized spacial score (nSPS) is 29.1. The van der Waals surface area contributed by atoms with E-state index in [1.165, 1.54) is 0 Å². The van der Waals surface area contributed by atoms with Gasteiger partial charge in [0.05, 0.1) is 12.7 Å². The van der Waals surface area contributed by atoms with E-state index in [9.17, 15) is 5.11 Å². The monoisotopic (exact) mass is 243 g/mol. The number of aliphatic hydroxyl groups is 1. The fourth-order valence-electron chi connectivity index (χ4n) is 2.34. The van der Waals surface area contributed by atoms with Gasteiger partial charge in [0.1, 0.15) is 0 Å². The first-order valence-corrected chi connectivity index (χ1v) is 6.90. The lowest BCUT2D eigenvalue weighted by Crippen LogP contribution is -2.63. The van der Waals surface area contributed by atoms with Crippen LogP contribution in [0, 0.1) is 11.3 Å². The van der Waals surface area contributed by atoms with Gasteiger partial charge >= 0.3 is 0 Å². The van der Waals surface area contributed by atoms with Crippen LogP contribution in [0.5, 0.6) is 0 Å². The highest BCUT2D eigenvalue weighted by molar-refractivity contribution is 5.03. The highest BCUT2D eigenvalue weighted by atomic mass is 16.5. The van der Waals surface area contributed by atoms with Crippen LogP contribution >= 0.6 is 0 Å². The van der Waals surface area contributed by atoms with E-state index in [-0.39, 0.29) is 18.1 Å². The highest BCUT2D eigenvalue weighted by Gasteiger charge is 2.49. The van der Waals surface area contributed by atoms with Crippen LogP contribution in [0.2, 0.25) is 0 Å². The molecular weight excluding hydrogens is 214 g/mol. The molecule has 1 fully saturated rings. The van der Waals surface area contributed by atoms with Gasteiger partial charge in [0, 0.05) is 24.1 Å². The van der Waals surface area contributed by atoms with E-state index >= 15 is 0 Å². The second kappa shape index (κ2) is 6.17. The van der Waals surface area contributed by atoms with Crippen LogP contribution in [-0.2, 0) is 4.74 Å². The summed E-state index contributed by atoms with van der Waals surface area (Å²) >= 11 is 0. The van der Waals surface area contributed by atoms with Crippen LogP contribution in [0.1, 0.15) is 47.5 Å². The number of hydrogen-bond acceptors (Lipinski definition) is 3. The first-order valence-electron chi connectivity index (χ1n) is 6.90. The van der Waals surface area contributed by atoms with Crippen molar-refractivity contribution in [1.82, 2.24) is 5.32 Å². The van der Waals surface area contributed by atoms with Gasteiger partial charge in [0.15, 0.2) is 0 Å². The first-order chi connectivity index (χ1) is 7.91. The van der Waals surface area contributed by atoms with E-state index in [4.69, 9.17) is 4.74 Å². The molecule has 2 unspecified atom stereocenters. The highest BCUT2D eigenvalue weighted by Crippen LogP contribution is 2.43. The van der Waals surface area contributed by atoms with Crippen LogP contribution < -0.4 is 5.32 Å². The van der Waals surface area contributed by atoms with E-state index in [1.807, 2.05) is 0 Å². The molecule has 0 spiro atoms. The second-order valence-corrected chi connectivity index (χ2v) is 6.28. The summed E-state index contributed by atoms with van der Waals surface area (Å²) in [6, 6.07) is 0.696. The Hall–Kier alpha value is -0.120. The largest absolute Gasteiger partial charge is 0.395 e. The smallest absolute Gasteiger partial charge is 0.0656 e. The molecule has 0 aliphatic heterocycles. The van der Waals surface area contributed by atoms with Crippen molar-refractivity contribution >= 4 is 0 Å². The summed E-state index contributed by atoms with van der Waals surface area (Å²) < 4.78 is 5.93. The molecule has 1 aliphatic carbocycles. The van der Waals surface area contributed by atoms with Gasteiger partial charge in [-0.05, 0) is 18.8 Å². The Morgan fingerprint density at radius 2 is 2.06 bits per heavy atom. The van der Waals surface area contributed by atoms with Gasteiger partial charge in [0.2, 0.25) is 0 Å². The van der Waals surface area contributed by atoms with E-state index in [0.717, 1.165) is 19.4 Å². The lowest BCUT2D eigenvalue weighted by atomic mass is 9.64. The number of rotatable bonds is 7. The minimum Gasteiger partial charge on any atom is -0.395 e. The number of hydrogen-bond donors (Lipinski definition) is 2. The molecule has 0 heterocycles. The quantitative estimate of drug-likeness (QED) is 0.720. The third-order valence-electron chi connectivity index (χ3n) is 3.96. The third-order valence-corrected chi connectivity index (χ3v) is 3.96. The minimum atomic E-state index is 0.178. The molecular formula is C14H29NO2. The average molecular weight is 243 g/mol. The van der Waals surface area contributed by atoms with Crippen molar-refractivity contribution in [3.8, 4) is 0 Å². The van der Waals surface area contributed by atoms with Crippen LogP contribution in [0.25, 0.3) is 0 Å². The van der Waals surface area contributed by atoms with E-state index < -0.39 is 0 Å². The Morgan fingerprint density at radius 3 is 2.47 bits per heavy atom. The van der Waals surface area contributed by atoms with Crippen molar-refractivity contribution < 1.29 is 9.84 Å². The van der Waals surface area contributed by atoms with Gasteiger partial charge in [0.25, 0.3) is 0 Å². The van der Waals surface area contributed by atoms with Crippen molar-refractivity contribution in [3.63, 3.8) is 0 Å². The number of nitrogens with one attached hydrogen (secondary N) is 1. The molecule has 1 saturated carbocycles. The van der Waals surface area contributed by atoms with Crippen LogP contribution in [0.15, 0.2) is 0 Å². The zero-order valence-electron chi connectivity index (χ0n) is 12.0. The van der Waals surface area contributed by atoms with Crippen LogP contribution in [-0.4, -0.2) is 36.5 Å². The number of aliphatic hydroxyl groups excluding tert-OH is 1. The average Bonchev–Trinajstić information content (AvgIpc) is 2.27. The van der Waals surface area contributed by atoms with Gasteiger partial charge in [-0.15, -0.1) is 0 Å². The van der Waals surface area contributed by atoms with Crippen molar-refractivity contribution in [2.75, 3.05) is 13.2 Å². The summed E-state index contributed by atoms with van der Waals surface area (Å²) in [5, 5.41) is 12.7. The summed E-state index contributed by atoms with van der Waals surface area (Å²) in [7, 11) is 0. The summed E-state index contributed by atoms with van der Waals surface area (Å²) in [5.74, 6) is 0.596. The maximum atomic E-state index is 9.21. The van der Waals surface area contributed by atoms with Crippen molar-refractivity contribution in [2.24, 2.45) is 11.3 Å². The zero-order chi connectivity index (χ0) is 13.1. The molecule has 3 heteroatoms. The molecule has 2 N–H and O–H groups in total. The summed E-state index contributed by atoms with van der Waals surface area (Å²) in [5.41, 5.74) is 0.178. The lowest BCUT2D eigenvalue weighted by molar-refractivity contribution is -0.126. The molecule has 0 aromatic rings.